The van der Waals surface area contributed by atoms with Gasteiger partial charge >= 0.3 is 0 Å². The fraction of sp³-hybridized carbons (Fsp3) is 0.440. The number of fused-ring (bicyclic) bond motifs is 1. The second-order valence-corrected chi connectivity index (χ2v) is 9.65. The number of benzene rings is 2. The van der Waals surface area contributed by atoms with Gasteiger partial charge in [0.2, 0.25) is 11.8 Å². The van der Waals surface area contributed by atoms with E-state index in [2.05, 4.69) is 18.2 Å². The summed E-state index contributed by atoms with van der Waals surface area (Å²) in [6.07, 6.45) is 3.19. The zero-order valence-corrected chi connectivity index (χ0v) is 18.1. The van der Waals surface area contributed by atoms with E-state index in [1.807, 2.05) is 47.2 Å². The van der Waals surface area contributed by atoms with Gasteiger partial charge < -0.3 is 9.80 Å². The molecule has 5 heteroatoms. The third-order valence-corrected chi connectivity index (χ3v) is 7.55. The Balaban J connectivity index is 1.27. The summed E-state index contributed by atoms with van der Waals surface area (Å²) in [6, 6.07) is 16.2. The molecule has 0 radical (unpaired) electrons. The van der Waals surface area contributed by atoms with Crippen molar-refractivity contribution in [2.24, 2.45) is 11.3 Å². The highest BCUT2D eigenvalue weighted by Gasteiger charge is 2.49. The summed E-state index contributed by atoms with van der Waals surface area (Å²) in [4.78, 5) is 30.3. The van der Waals surface area contributed by atoms with E-state index in [4.69, 9.17) is 11.6 Å². The van der Waals surface area contributed by atoms with Crippen molar-refractivity contribution in [3.05, 3.63) is 70.2 Å². The van der Waals surface area contributed by atoms with Crippen molar-refractivity contribution < 1.29 is 9.59 Å². The van der Waals surface area contributed by atoms with E-state index in [-0.39, 0.29) is 23.1 Å². The average Bonchev–Trinajstić information content (AvgIpc) is 3.56. The highest BCUT2D eigenvalue weighted by molar-refractivity contribution is 6.30. The predicted octanol–water partition coefficient (Wildman–Crippen LogP) is 4.27. The lowest BCUT2D eigenvalue weighted by Gasteiger charge is -2.41. The summed E-state index contributed by atoms with van der Waals surface area (Å²) in [6.45, 7) is 2.01. The van der Waals surface area contributed by atoms with Crippen molar-refractivity contribution in [3.63, 3.8) is 0 Å². The van der Waals surface area contributed by atoms with Gasteiger partial charge in [-0.3, -0.25) is 9.59 Å². The van der Waals surface area contributed by atoms with Crippen LogP contribution in [0.2, 0.25) is 5.02 Å². The summed E-state index contributed by atoms with van der Waals surface area (Å²) < 4.78 is 0. The lowest BCUT2D eigenvalue weighted by Crippen LogP contribution is -2.50. The Kier molecular flexibility index (Phi) is 4.85. The van der Waals surface area contributed by atoms with Crippen LogP contribution in [0.5, 0.6) is 0 Å². The molecule has 5 rings (SSSR count). The number of rotatable bonds is 2. The summed E-state index contributed by atoms with van der Waals surface area (Å²) in [5.41, 5.74) is 3.34. The molecule has 2 fully saturated rings. The van der Waals surface area contributed by atoms with Gasteiger partial charge in [-0.2, -0.15) is 0 Å². The summed E-state index contributed by atoms with van der Waals surface area (Å²) in [7, 11) is 1.91. The topological polar surface area (TPSA) is 40.6 Å². The number of piperidine rings is 1. The van der Waals surface area contributed by atoms with Crippen molar-refractivity contribution in [1.29, 1.82) is 0 Å². The number of carbonyl (C=O) groups is 2. The summed E-state index contributed by atoms with van der Waals surface area (Å²) in [5, 5.41) is 0.725. The fourth-order valence-electron chi connectivity index (χ4n) is 5.38. The lowest BCUT2D eigenvalue weighted by atomic mass is 9.73. The molecule has 2 aliphatic heterocycles. The Labute approximate surface area is 182 Å². The zero-order valence-electron chi connectivity index (χ0n) is 17.3. The third-order valence-electron chi connectivity index (χ3n) is 7.29. The van der Waals surface area contributed by atoms with E-state index in [0.29, 0.717) is 25.6 Å². The van der Waals surface area contributed by atoms with Crippen molar-refractivity contribution in [3.8, 4) is 0 Å². The van der Waals surface area contributed by atoms with Gasteiger partial charge in [-0.15, -0.1) is 0 Å². The van der Waals surface area contributed by atoms with Crippen LogP contribution in [0.3, 0.4) is 0 Å². The molecule has 2 unspecified atom stereocenters. The van der Waals surface area contributed by atoms with Crippen LogP contribution in [-0.2, 0) is 22.6 Å². The Morgan fingerprint density at radius 1 is 1.03 bits per heavy atom. The number of hydrogen-bond acceptors (Lipinski definition) is 2. The van der Waals surface area contributed by atoms with Crippen molar-refractivity contribution >= 4 is 23.4 Å². The molecule has 0 N–H and O–H groups in total. The average molecular weight is 423 g/mol. The van der Waals surface area contributed by atoms with Crippen LogP contribution in [0, 0.1) is 11.3 Å². The van der Waals surface area contributed by atoms with E-state index in [1.54, 1.807) is 0 Å². The van der Waals surface area contributed by atoms with E-state index in [1.165, 1.54) is 16.7 Å². The maximum Gasteiger partial charge on any atom is 0.229 e. The van der Waals surface area contributed by atoms with Gasteiger partial charge in [0.25, 0.3) is 0 Å². The first-order chi connectivity index (χ1) is 14.5. The molecule has 1 aliphatic carbocycles. The van der Waals surface area contributed by atoms with Gasteiger partial charge in [0, 0.05) is 37.6 Å². The molecular weight excluding hydrogens is 396 g/mol. The van der Waals surface area contributed by atoms with Gasteiger partial charge in [-0.1, -0.05) is 48.0 Å². The van der Waals surface area contributed by atoms with E-state index >= 15 is 0 Å². The van der Waals surface area contributed by atoms with Crippen LogP contribution in [0.25, 0.3) is 0 Å². The van der Waals surface area contributed by atoms with Crippen LogP contribution in [0.15, 0.2) is 48.5 Å². The molecule has 1 spiro atoms. The predicted molar refractivity (Wildman–Crippen MR) is 117 cm³/mol. The minimum atomic E-state index is -0.378. The van der Waals surface area contributed by atoms with Gasteiger partial charge in [-0.05, 0) is 60.4 Å². The molecule has 30 heavy (non-hydrogen) atoms. The molecule has 1 saturated carbocycles. The minimum absolute atomic E-state index is 0.0773. The molecular formula is C25H27ClN2O2. The van der Waals surface area contributed by atoms with Crippen LogP contribution < -0.4 is 0 Å². The number of likely N-dealkylation sites (tertiary alicyclic amines) is 1. The highest BCUT2D eigenvalue weighted by atomic mass is 35.5. The molecule has 2 atom stereocenters. The molecule has 2 amide bonds. The third kappa shape index (κ3) is 3.41. The number of amides is 2. The molecule has 4 nitrogen and oxygen atoms in total. The van der Waals surface area contributed by atoms with Crippen LogP contribution in [0.4, 0.5) is 0 Å². The van der Waals surface area contributed by atoms with Gasteiger partial charge in [0.1, 0.15) is 0 Å². The zero-order chi connectivity index (χ0) is 20.9. The summed E-state index contributed by atoms with van der Waals surface area (Å²) >= 11 is 5.99. The number of hydrogen-bond donors (Lipinski definition) is 0. The van der Waals surface area contributed by atoms with E-state index in [0.717, 1.165) is 30.7 Å². The van der Waals surface area contributed by atoms with Gasteiger partial charge in [0.05, 0.1) is 5.41 Å². The van der Waals surface area contributed by atoms with Gasteiger partial charge in [0.15, 0.2) is 0 Å². The summed E-state index contributed by atoms with van der Waals surface area (Å²) in [5.74, 6) is 0.868. The largest absolute Gasteiger partial charge is 0.342 e. The monoisotopic (exact) mass is 422 g/mol. The maximum atomic E-state index is 13.3. The minimum Gasteiger partial charge on any atom is -0.342 e. The quantitative estimate of drug-likeness (QED) is 0.725. The van der Waals surface area contributed by atoms with Crippen LogP contribution >= 0.6 is 11.6 Å². The van der Waals surface area contributed by atoms with Crippen LogP contribution in [0.1, 0.15) is 41.9 Å². The van der Waals surface area contributed by atoms with Crippen molar-refractivity contribution in [1.82, 2.24) is 9.80 Å². The SMILES string of the molecule is CN1Cc2ccccc2CC2(CCN(C(=O)C3CC3c3ccc(Cl)cc3)CC2)C1=O. The first-order valence-electron chi connectivity index (χ1n) is 10.8. The Morgan fingerprint density at radius 3 is 2.40 bits per heavy atom. The molecule has 2 aromatic rings. The maximum absolute atomic E-state index is 13.3. The first kappa shape index (κ1) is 19.6. The van der Waals surface area contributed by atoms with Gasteiger partial charge in [-0.25, -0.2) is 0 Å². The molecule has 2 heterocycles. The second kappa shape index (κ2) is 7.42. The molecule has 156 valence electrons. The Bertz CT molecular complexity index is 979. The molecule has 2 aromatic carbocycles. The van der Waals surface area contributed by atoms with Crippen molar-refractivity contribution in [2.45, 2.75) is 38.1 Å². The number of nitrogens with zero attached hydrogens (tertiary/aromatic N) is 2. The van der Waals surface area contributed by atoms with Crippen LogP contribution in [-0.4, -0.2) is 41.8 Å². The van der Waals surface area contributed by atoms with E-state index < -0.39 is 0 Å². The Hall–Kier alpha value is -2.33. The fourth-order valence-corrected chi connectivity index (χ4v) is 5.51. The molecule has 3 aliphatic rings. The standard InChI is InChI=1S/C25H27ClN2O2/c1-27-16-19-5-3-2-4-18(19)15-25(24(27)30)10-12-28(13-11-25)23(29)22-14-21(22)17-6-8-20(26)9-7-17/h2-9,21-22H,10-16H2,1H3. The van der Waals surface area contributed by atoms with Crippen molar-refractivity contribution in [2.75, 3.05) is 20.1 Å². The number of halogens is 1. The highest BCUT2D eigenvalue weighted by Crippen LogP contribution is 2.49. The molecule has 1 saturated heterocycles. The molecule has 0 aromatic heterocycles. The Morgan fingerprint density at radius 2 is 1.70 bits per heavy atom. The lowest BCUT2D eigenvalue weighted by molar-refractivity contribution is -0.147. The normalized spacial score (nSPS) is 25.1. The smallest absolute Gasteiger partial charge is 0.229 e. The van der Waals surface area contributed by atoms with E-state index in [9.17, 15) is 9.59 Å². The molecule has 0 bridgehead atoms. The number of carbonyl (C=O) groups excluding carboxylic acids is 2. The first-order valence-corrected chi connectivity index (χ1v) is 11.2. The second-order valence-electron chi connectivity index (χ2n) is 9.21.